The summed E-state index contributed by atoms with van der Waals surface area (Å²) in [5.41, 5.74) is 0.289. The van der Waals surface area contributed by atoms with E-state index in [1.165, 1.54) is 31.6 Å². The number of halogens is 1. The van der Waals surface area contributed by atoms with Gasteiger partial charge in [0.2, 0.25) is 0 Å². The molecule has 2 aromatic rings. The van der Waals surface area contributed by atoms with Crippen molar-refractivity contribution in [2.75, 3.05) is 7.11 Å². The molecule has 2 N–H and O–H groups in total. The smallest absolute Gasteiger partial charge is 0.251 e. The maximum Gasteiger partial charge on any atom is 0.251 e. The minimum atomic E-state index is -0.798. The third-order valence-corrected chi connectivity index (χ3v) is 3.24. The highest BCUT2D eigenvalue weighted by Crippen LogP contribution is 2.20. The van der Waals surface area contributed by atoms with Crippen LogP contribution in [0.15, 0.2) is 41.0 Å². The largest absolute Gasteiger partial charge is 0.494 e. The van der Waals surface area contributed by atoms with Crippen molar-refractivity contribution in [1.29, 1.82) is 0 Å². The van der Waals surface area contributed by atoms with E-state index in [4.69, 9.17) is 9.15 Å². The van der Waals surface area contributed by atoms with E-state index in [1.807, 2.05) is 0 Å². The lowest BCUT2D eigenvalue weighted by molar-refractivity contribution is 0.0902. The molecule has 0 bridgehead atoms. The van der Waals surface area contributed by atoms with Crippen LogP contribution in [-0.4, -0.2) is 24.2 Å². The molecule has 22 heavy (non-hydrogen) atoms. The van der Waals surface area contributed by atoms with Crippen LogP contribution in [0.25, 0.3) is 0 Å². The molecule has 1 aromatic heterocycles. The summed E-state index contributed by atoms with van der Waals surface area (Å²) < 4.78 is 23.3. The van der Waals surface area contributed by atoms with Gasteiger partial charge in [-0.25, -0.2) is 4.39 Å². The lowest BCUT2D eigenvalue weighted by Crippen LogP contribution is -2.33. The maximum atomic E-state index is 13.3. The number of aliphatic hydroxyl groups is 1. The molecule has 0 aliphatic rings. The van der Waals surface area contributed by atoms with E-state index in [-0.39, 0.29) is 23.3 Å². The molecule has 6 heteroatoms. The molecule has 2 atom stereocenters. The lowest BCUT2D eigenvalue weighted by Gasteiger charge is -2.17. The van der Waals surface area contributed by atoms with E-state index in [0.29, 0.717) is 12.2 Å². The quantitative estimate of drug-likeness (QED) is 0.860. The minimum Gasteiger partial charge on any atom is -0.494 e. The molecule has 0 saturated heterocycles. The Morgan fingerprint density at radius 1 is 1.45 bits per heavy atom. The van der Waals surface area contributed by atoms with Gasteiger partial charge in [0.25, 0.3) is 5.91 Å². The number of hydrogen-bond acceptors (Lipinski definition) is 4. The Morgan fingerprint density at radius 2 is 2.23 bits per heavy atom. The van der Waals surface area contributed by atoms with Crippen LogP contribution in [-0.2, 0) is 0 Å². The number of amides is 1. The number of carbonyl (C=O) groups is 1. The third-order valence-electron chi connectivity index (χ3n) is 3.24. The van der Waals surface area contributed by atoms with Crippen LogP contribution >= 0.6 is 0 Å². The average Bonchev–Trinajstić information content (AvgIpc) is 3.01. The second-order valence-electron chi connectivity index (χ2n) is 4.99. The Bertz CT molecular complexity index is 627. The number of ether oxygens (including phenoxy) is 1. The number of rotatable bonds is 6. The molecule has 0 spiro atoms. The molecule has 5 nitrogen and oxygen atoms in total. The number of methoxy groups -OCH3 is 1. The molecule has 0 fully saturated rings. The number of aliphatic hydroxyl groups excluding tert-OH is 1. The van der Waals surface area contributed by atoms with Gasteiger partial charge in [0, 0.05) is 18.0 Å². The van der Waals surface area contributed by atoms with Gasteiger partial charge in [-0.3, -0.25) is 4.79 Å². The maximum absolute atomic E-state index is 13.3. The molecule has 0 aliphatic carbocycles. The summed E-state index contributed by atoms with van der Waals surface area (Å²) in [4.78, 5) is 12.1. The lowest BCUT2D eigenvalue weighted by atomic mass is 10.1. The zero-order valence-corrected chi connectivity index (χ0v) is 12.4. The standard InChI is InChI=1S/C16H18FNO4/c1-10(8-13(19)14-4-3-7-22-14)18-16(20)11-5-6-12(17)15(9-11)21-2/h3-7,9-10,13,19H,8H2,1-2H3,(H,18,20). The summed E-state index contributed by atoms with van der Waals surface area (Å²) >= 11 is 0. The van der Waals surface area contributed by atoms with Crippen LogP contribution in [0.2, 0.25) is 0 Å². The van der Waals surface area contributed by atoms with Gasteiger partial charge >= 0.3 is 0 Å². The Balaban J connectivity index is 1.96. The molecule has 1 aromatic carbocycles. The van der Waals surface area contributed by atoms with Crippen molar-refractivity contribution >= 4 is 5.91 Å². The average molecular weight is 307 g/mol. The second-order valence-corrected chi connectivity index (χ2v) is 4.99. The summed E-state index contributed by atoms with van der Waals surface area (Å²) in [6, 6.07) is 6.96. The molecule has 1 amide bonds. The summed E-state index contributed by atoms with van der Waals surface area (Å²) in [5.74, 6) is -0.432. The van der Waals surface area contributed by atoms with Gasteiger partial charge in [0.05, 0.1) is 13.4 Å². The Morgan fingerprint density at radius 3 is 2.86 bits per heavy atom. The summed E-state index contributed by atoms with van der Waals surface area (Å²) in [6.07, 6.45) is 0.984. The normalized spacial score (nSPS) is 13.5. The van der Waals surface area contributed by atoms with Crippen LogP contribution in [0.5, 0.6) is 5.75 Å². The number of carbonyl (C=O) groups excluding carboxylic acids is 1. The number of hydrogen-bond donors (Lipinski definition) is 2. The molecule has 0 radical (unpaired) electrons. The van der Waals surface area contributed by atoms with E-state index in [1.54, 1.807) is 19.1 Å². The molecule has 118 valence electrons. The monoisotopic (exact) mass is 307 g/mol. The van der Waals surface area contributed by atoms with Gasteiger partial charge in [-0.05, 0) is 37.3 Å². The fourth-order valence-corrected chi connectivity index (χ4v) is 2.10. The van der Waals surface area contributed by atoms with Gasteiger partial charge in [-0.2, -0.15) is 0 Å². The van der Waals surface area contributed by atoms with Gasteiger partial charge in [-0.1, -0.05) is 0 Å². The van der Waals surface area contributed by atoms with E-state index in [0.717, 1.165) is 0 Å². The Kier molecular flexibility index (Phi) is 5.16. The molecule has 1 heterocycles. The Labute approximate surface area is 127 Å². The van der Waals surface area contributed by atoms with E-state index in [9.17, 15) is 14.3 Å². The number of furan rings is 1. The second kappa shape index (κ2) is 7.09. The van der Waals surface area contributed by atoms with E-state index < -0.39 is 11.9 Å². The first kappa shape index (κ1) is 16.0. The highest BCUT2D eigenvalue weighted by atomic mass is 19.1. The molecular formula is C16H18FNO4. The van der Waals surface area contributed by atoms with Crippen molar-refractivity contribution in [3.63, 3.8) is 0 Å². The highest BCUT2D eigenvalue weighted by Gasteiger charge is 2.17. The van der Waals surface area contributed by atoms with Crippen LogP contribution in [0.1, 0.15) is 35.6 Å². The van der Waals surface area contributed by atoms with Crippen LogP contribution < -0.4 is 10.1 Å². The van der Waals surface area contributed by atoms with Crippen molar-refractivity contribution in [1.82, 2.24) is 5.32 Å². The summed E-state index contributed by atoms with van der Waals surface area (Å²) in [6.45, 7) is 1.77. The number of benzene rings is 1. The van der Waals surface area contributed by atoms with Gasteiger partial charge < -0.3 is 19.6 Å². The van der Waals surface area contributed by atoms with Crippen LogP contribution in [0.3, 0.4) is 0 Å². The highest BCUT2D eigenvalue weighted by molar-refractivity contribution is 5.94. The first-order valence-electron chi connectivity index (χ1n) is 6.87. The van der Waals surface area contributed by atoms with Crippen molar-refractivity contribution in [2.24, 2.45) is 0 Å². The summed E-state index contributed by atoms with van der Waals surface area (Å²) in [5, 5.41) is 12.7. The molecule has 0 aliphatic heterocycles. The first-order chi connectivity index (χ1) is 10.5. The fraction of sp³-hybridized carbons (Fsp3) is 0.312. The van der Waals surface area contributed by atoms with Crippen molar-refractivity contribution in [3.8, 4) is 5.75 Å². The van der Waals surface area contributed by atoms with Crippen LogP contribution in [0.4, 0.5) is 4.39 Å². The van der Waals surface area contributed by atoms with Gasteiger partial charge in [0.1, 0.15) is 11.9 Å². The first-order valence-corrected chi connectivity index (χ1v) is 6.87. The zero-order chi connectivity index (χ0) is 16.1. The predicted octanol–water partition coefficient (Wildman–Crippen LogP) is 2.67. The van der Waals surface area contributed by atoms with Gasteiger partial charge in [-0.15, -0.1) is 0 Å². The van der Waals surface area contributed by atoms with Gasteiger partial charge in [0.15, 0.2) is 11.6 Å². The third kappa shape index (κ3) is 3.85. The zero-order valence-electron chi connectivity index (χ0n) is 12.4. The van der Waals surface area contributed by atoms with Crippen LogP contribution in [0, 0.1) is 5.82 Å². The van der Waals surface area contributed by atoms with E-state index in [2.05, 4.69) is 5.32 Å². The molecule has 0 saturated carbocycles. The van der Waals surface area contributed by atoms with E-state index >= 15 is 0 Å². The molecular weight excluding hydrogens is 289 g/mol. The summed E-state index contributed by atoms with van der Waals surface area (Å²) in [7, 11) is 1.34. The fourth-order valence-electron chi connectivity index (χ4n) is 2.10. The predicted molar refractivity (Wildman–Crippen MR) is 78.2 cm³/mol. The SMILES string of the molecule is COc1cc(C(=O)NC(C)CC(O)c2ccco2)ccc1F. The molecule has 2 unspecified atom stereocenters. The Hall–Kier alpha value is -2.34. The topological polar surface area (TPSA) is 71.7 Å². The minimum absolute atomic E-state index is 0.0101. The van der Waals surface area contributed by atoms with Crippen molar-refractivity contribution in [3.05, 3.63) is 53.7 Å². The van der Waals surface area contributed by atoms with Crippen molar-refractivity contribution in [2.45, 2.75) is 25.5 Å². The van der Waals surface area contributed by atoms with Crippen molar-refractivity contribution < 1.29 is 23.4 Å². The number of nitrogens with one attached hydrogen (secondary N) is 1. The molecule has 2 rings (SSSR count).